The molecular formula is C14H16N2O. The Kier molecular flexibility index (Phi) is 3.38. The summed E-state index contributed by atoms with van der Waals surface area (Å²) in [5, 5.41) is 6.48. The van der Waals surface area contributed by atoms with Crippen molar-refractivity contribution < 1.29 is 0 Å². The van der Waals surface area contributed by atoms with E-state index in [1.54, 1.807) is 6.07 Å². The van der Waals surface area contributed by atoms with Gasteiger partial charge in [-0.3, -0.25) is 4.79 Å². The highest BCUT2D eigenvalue weighted by Gasteiger charge is 2.02. The SMILES string of the molecule is CC(C)Cc1cccc(-c2ccc(=O)[nH]n2)c1. The standard InChI is InChI=1S/C14H16N2O/c1-10(2)8-11-4-3-5-12(9-11)13-6-7-14(17)16-15-13/h3-7,9-10H,8H2,1-2H3,(H,16,17). The first-order chi connectivity index (χ1) is 8.15. The smallest absolute Gasteiger partial charge is 0.264 e. The van der Waals surface area contributed by atoms with Gasteiger partial charge in [0, 0.05) is 11.6 Å². The van der Waals surface area contributed by atoms with Crippen molar-refractivity contribution in [1.82, 2.24) is 10.2 Å². The van der Waals surface area contributed by atoms with E-state index in [0.29, 0.717) is 5.92 Å². The number of hydrogen-bond donors (Lipinski definition) is 1. The number of aromatic nitrogens is 2. The lowest BCUT2D eigenvalue weighted by Crippen LogP contribution is -2.05. The topological polar surface area (TPSA) is 45.8 Å². The predicted octanol–water partition coefficient (Wildman–Crippen LogP) is 2.64. The van der Waals surface area contributed by atoms with Gasteiger partial charge in [0.25, 0.3) is 5.56 Å². The highest BCUT2D eigenvalue weighted by atomic mass is 16.1. The molecule has 0 aliphatic rings. The average molecular weight is 228 g/mol. The number of nitrogens with one attached hydrogen (secondary N) is 1. The minimum atomic E-state index is -0.174. The Labute approximate surface area is 101 Å². The second-order valence-corrected chi connectivity index (χ2v) is 4.60. The van der Waals surface area contributed by atoms with Crippen LogP contribution in [0.4, 0.5) is 0 Å². The number of nitrogens with zero attached hydrogens (tertiary/aromatic N) is 1. The third-order valence-corrected chi connectivity index (χ3v) is 2.55. The first kappa shape index (κ1) is 11.6. The Morgan fingerprint density at radius 3 is 2.71 bits per heavy atom. The van der Waals surface area contributed by atoms with E-state index < -0.39 is 0 Å². The van der Waals surface area contributed by atoms with E-state index in [9.17, 15) is 4.79 Å². The molecule has 2 rings (SSSR count). The lowest BCUT2D eigenvalue weighted by atomic mass is 10.00. The summed E-state index contributed by atoms with van der Waals surface area (Å²) in [7, 11) is 0. The van der Waals surface area contributed by atoms with Crippen molar-refractivity contribution >= 4 is 0 Å². The highest BCUT2D eigenvalue weighted by molar-refractivity contribution is 5.59. The fraction of sp³-hybridized carbons (Fsp3) is 0.286. The quantitative estimate of drug-likeness (QED) is 0.877. The van der Waals surface area contributed by atoms with Crippen molar-refractivity contribution in [3.63, 3.8) is 0 Å². The van der Waals surface area contributed by atoms with E-state index in [0.717, 1.165) is 17.7 Å². The van der Waals surface area contributed by atoms with Crippen LogP contribution in [0, 0.1) is 5.92 Å². The molecule has 1 N–H and O–H groups in total. The first-order valence-electron chi connectivity index (χ1n) is 5.80. The molecule has 17 heavy (non-hydrogen) atoms. The summed E-state index contributed by atoms with van der Waals surface area (Å²) in [6, 6.07) is 11.5. The molecule has 0 bridgehead atoms. The van der Waals surface area contributed by atoms with Crippen LogP contribution in [0.2, 0.25) is 0 Å². The second kappa shape index (κ2) is 4.95. The van der Waals surface area contributed by atoms with Crippen LogP contribution in [0.3, 0.4) is 0 Å². The van der Waals surface area contributed by atoms with Gasteiger partial charge in [0.05, 0.1) is 5.69 Å². The Balaban J connectivity index is 2.32. The fourth-order valence-electron chi connectivity index (χ4n) is 1.83. The summed E-state index contributed by atoms with van der Waals surface area (Å²) >= 11 is 0. The van der Waals surface area contributed by atoms with Gasteiger partial charge in [0.15, 0.2) is 0 Å². The summed E-state index contributed by atoms with van der Waals surface area (Å²) in [4.78, 5) is 10.9. The third-order valence-electron chi connectivity index (χ3n) is 2.55. The monoisotopic (exact) mass is 228 g/mol. The number of benzene rings is 1. The number of H-pyrrole nitrogens is 1. The Hall–Kier alpha value is -1.90. The summed E-state index contributed by atoms with van der Waals surface area (Å²) < 4.78 is 0. The molecule has 0 aliphatic carbocycles. The zero-order chi connectivity index (χ0) is 12.3. The van der Waals surface area contributed by atoms with E-state index in [4.69, 9.17) is 0 Å². The molecule has 0 fully saturated rings. The molecule has 0 saturated carbocycles. The van der Waals surface area contributed by atoms with E-state index in [-0.39, 0.29) is 5.56 Å². The molecule has 0 amide bonds. The molecule has 3 heteroatoms. The summed E-state index contributed by atoms with van der Waals surface area (Å²) in [5.41, 5.74) is 2.96. The molecule has 1 aromatic carbocycles. The molecule has 0 atom stereocenters. The van der Waals surface area contributed by atoms with Crippen molar-refractivity contribution in [2.75, 3.05) is 0 Å². The van der Waals surface area contributed by atoms with Crippen molar-refractivity contribution in [3.8, 4) is 11.3 Å². The number of rotatable bonds is 3. The maximum atomic E-state index is 10.9. The summed E-state index contributed by atoms with van der Waals surface area (Å²) in [6.45, 7) is 4.40. The molecular weight excluding hydrogens is 212 g/mol. The number of aromatic amines is 1. The largest absolute Gasteiger partial charge is 0.268 e. The van der Waals surface area contributed by atoms with Crippen LogP contribution in [0.25, 0.3) is 11.3 Å². The zero-order valence-electron chi connectivity index (χ0n) is 10.1. The van der Waals surface area contributed by atoms with E-state index in [2.05, 4.69) is 36.2 Å². The molecule has 0 aliphatic heterocycles. The molecule has 2 aromatic rings. The Morgan fingerprint density at radius 2 is 2.06 bits per heavy atom. The van der Waals surface area contributed by atoms with Crippen molar-refractivity contribution in [2.45, 2.75) is 20.3 Å². The molecule has 3 nitrogen and oxygen atoms in total. The molecule has 0 radical (unpaired) electrons. The second-order valence-electron chi connectivity index (χ2n) is 4.60. The van der Waals surface area contributed by atoms with Crippen LogP contribution in [0.15, 0.2) is 41.2 Å². The van der Waals surface area contributed by atoms with Crippen LogP contribution in [0.5, 0.6) is 0 Å². The fourth-order valence-corrected chi connectivity index (χ4v) is 1.83. The maximum absolute atomic E-state index is 10.9. The van der Waals surface area contributed by atoms with Crippen LogP contribution in [-0.2, 0) is 6.42 Å². The summed E-state index contributed by atoms with van der Waals surface area (Å²) in [6.07, 6.45) is 1.05. The molecule has 0 spiro atoms. The number of hydrogen-bond acceptors (Lipinski definition) is 2. The van der Waals surface area contributed by atoms with E-state index in [1.165, 1.54) is 11.6 Å². The van der Waals surface area contributed by atoms with Crippen LogP contribution >= 0.6 is 0 Å². The third kappa shape index (κ3) is 3.03. The van der Waals surface area contributed by atoms with E-state index in [1.807, 2.05) is 12.1 Å². The minimum absolute atomic E-state index is 0.174. The Bertz CT molecular complexity index is 538. The lowest BCUT2D eigenvalue weighted by molar-refractivity contribution is 0.647. The highest BCUT2D eigenvalue weighted by Crippen LogP contribution is 2.18. The van der Waals surface area contributed by atoms with Gasteiger partial charge in [-0.15, -0.1) is 0 Å². The van der Waals surface area contributed by atoms with Gasteiger partial charge < -0.3 is 0 Å². The van der Waals surface area contributed by atoms with Crippen LogP contribution < -0.4 is 5.56 Å². The maximum Gasteiger partial charge on any atom is 0.264 e. The molecule has 0 saturated heterocycles. The van der Waals surface area contributed by atoms with Gasteiger partial charge in [0.1, 0.15) is 0 Å². The van der Waals surface area contributed by atoms with Gasteiger partial charge in [-0.05, 0) is 30.0 Å². The van der Waals surface area contributed by atoms with Gasteiger partial charge in [-0.1, -0.05) is 32.0 Å². The molecule has 1 aromatic heterocycles. The van der Waals surface area contributed by atoms with Gasteiger partial charge >= 0.3 is 0 Å². The lowest BCUT2D eigenvalue weighted by Gasteiger charge is -2.06. The molecule has 1 heterocycles. The minimum Gasteiger partial charge on any atom is -0.268 e. The van der Waals surface area contributed by atoms with Crippen molar-refractivity contribution in [1.29, 1.82) is 0 Å². The predicted molar refractivity (Wildman–Crippen MR) is 68.8 cm³/mol. The first-order valence-corrected chi connectivity index (χ1v) is 5.80. The average Bonchev–Trinajstić information content (AvgIpc) is 2.29. The van der Waals surface area contributed by atoms with Crippen LogP contribution in [-0.4, -0.2) is 10.2 Å². The molecule has 88 valence electrons. The van der Waals surface area contributed by atoms with Crippen molar-refractivity contribution in [2.24, 2.45) is 5.92 Å². The van der Waals surface area contributed by atoms with E-state index >= 15 is 0 Å². The summed E-state index contributed by atoms with van der Waals surface area (Å²) in [5.74, 6) is 0.633. The zero-order valence-corrected chi connectivity index (χ0v) is 10.1. The molecule has 0 unspecified atom stereocenters. The van der Waals surface area contributed by atoms with Gasteiger partial charge in [-0.25, -0.2) is 5.10 Å². The van der Waals surface area contributed by atoms with Crippen molar-refractivity contribution in [3.05, 3.63) is 52.3 Å². The normalized spacial score (nSPS) is 10.8. The Morgan fingerprint density at radius 1 is 1.24 bits per heavy atom. The van der Waals surface area contributed by atoms with Crippen LogP contribution in [0.1, 0.15) is 19.4 Å². The van der Waals surface area contributed by atoms with Gasteiger partial charge in [-0.2, -0.15) is 5.10 Å². The van der Waals surface area contributed by atoms with Gasteiger partial charge in [0.2, 0.25) is 0 Å².